The van der Waals surface area contributed by atoms with E-state index < -0.39 is 11.9 Å². The highest BCUT2D eigenvalue weighted by atomic mass is 35.5. The zero-order chi connectivity index (χ0) is 22.4. The van der Waals surface area contributed by atoms with Gasteiger partial charge in [-0.25, -0.2) is 4.39 Å². The van der Waals surface area contributed by atoms with E-state index in [-0.39, 0.29) is 16.5 Å². The smallest absolute Gasteiger partial charge is 0.263 e. The first-order chi connectivity index (χ1) is 15.4. The minimum atomic E-state index is -0.637. The summed E-state index contributed by atoms with van der Waals surface area (Å²) in [6, 6.07) is 9.98. The Balaban J connectivity index is 1.44. The van der Waals surface area contributed by atoms with Gasteiger partial charge in [-0.2, -0.15) is 0 Å². The second-order valence-electron chi connectivity index (χ2n) is 8.68. The third kappa shape index (κ3) is 3.66. The summed E-state index contributed by atoms with van der Waals surface area (Å²) in [7, 11) is 0. The van der Waals surface area contributed by atoms with Crippen LogP contribution in [0.25, 0.3) is 21.9 Å². The highest BCUT2D eigenvalue weighted by Crippen LogP contribution is 2.37. The largest absolute Gasteiger partial charge is 0.481 e. The number of hydrogen-bond acceptors (Lipinski definition) is 3. The molecule has 2 aliphatic rings. The van der Waals surface area contributed by atoms with Crippen molar-refractivity contribution in [1.82, 2.24) is 9.88 Å². The van der Waals surface area contributed by atoms with Crippen LogP contribution in [-0.4, -0.2) is 34.0 Å². The van der Waals surface area contributed by atoms with Crippen molar-refractivity contribution in [2.24, 2.45) is 0 Å². The molecule has 0 aliphatic carbocycles. The number of fused-ring (bicyclic) bond motifs is 3. The molecule has 1 N–H and O–H groups in total. The Hall–Kier alpha value is -2.86. The third-order valence-corrected chi connectivity index (χ3v) is 7.02. The molecule has 0 saturated carbocycles. The first kappa shape index (κ1) is 21.0. The molecular formula is C25H24ClFN2O3. The number of ether oxygens (including phenoxy) is 1. The molecule has 2 fully saturated rings. The molecule has 0 radical (unpaired) electrons. The number of carbonyl (C=O) groups excluding carboxylic acids is 1. The lowest BCUT2D eigenvalue weighted by Gasteiger charge is -2.36. The summed E-state index contributed by atoms with van der Waals surface area (Å²) in [5.74, 6) is 0.0394. The molecule has 5 rings (SSSR count). The molecule has 32 heavy (non-hydrogen) atoms. The highest BCUT2D eigenvalue weighted by molar-refractivity contribution is 6.33. The van der Waals surface area contributed by atoms with Crippen molar-refractivity contribution in [2.75, 3.05) is 0 Å². The third-order valence-electron chi connectivity index (χ3n) is 6.70. The van der Waals surface area contributed by atoms with Crippen LogP contribution in [0.5, 0.6) is 5.75 Å². The van der Waals surface area contributed by atoms with E-state index in [9.17, 15) is 14.0 Å². The normalized spacial score (nSPS) is 21.0. The minimum Gasteiger partial charge on any atom is -0.481 e. The van der Waals surface area contributed by atoms with Crippen LogP contribution in [0.2, 0.25) is 5.02 Å². The van der Waals surface area contributed by atoms with Crippen molar-refractivity contribution >= 4 is 28.3 Å². The maximum atomic E-state index is 13.5. The number of H-pyrrole nitrogens is 1. The quantitative estimate of drug-likeness (QED) is 0.582. The molecule has 1 amide bonds. The van der Waals surface area contributed by atoms with Crippen LogP contribution >= 0.6 is 11.6 Å². The van der Waals surface area contributed by atoms with Gasteiger partial charge in [0.15, 0.2) is 6.10 Å². The first-order valence-electron chi connectivity index (χ1n) is 11.0. The van der Waals surface area contributed by atoms with Gasteiger partial charge >= 0.3 is 0 Å². The number of carbonyl (C=O) groups is 1. The number of nitrogens with zero attached hydrogens (tertiary/aromatic N) is 1. The SMILES string of the molecule is C[C@@H](Oc1ccc2c(-c3ccc(F)cc3Cl)c[nH]c(=O)c2c1)C(=O)N1C2CCCC1CC2. The lowest BCUT2D eigenvalue weighted by molar-refractivity contribution is -0.142. The van der Waals surface area contributed by atoms with Crippen LogP contribution in [0.4, 0.5) is 4.39 Å². The van der Waals surface area contributed by atoms with Crippen LogP contribution in [0.3, 0.4) is 0 Å². The average molecular weight is 455 g/mol. The number of benzene rings is 2. The minimum absolute atomic E-state index is 0.0121. The van der Waals surface area contributed by atoms with E-state index in [0.717, 1.165) is 25.7 Å². The van der Waals surface area contributed by atoms with E-state index in [1.807, 2.05) is 4.90 Å². The van der Waals surface area contributed by atoms with Crippen LogP contribution in [0.1, 0.15) is 39.0 Å². The predicted molar refractivity (Wildman–Crippen MR) is 123 cm³/mol. The maximum Gasteiger partial charge on any atom is 0.263 e. The van der Waals surface area contributed by atoms with Gasteiger partial charge in [0, 0.05) is 29.4 Å². The van der Waals surface area contributed by atoms with E-state index in [4.69, 9.17) is 16.3 Å². The topological polar surface area (TPSA) is 62.4 Å². The molecule has 3 atom stereocenters. The van der Waals surface area contributed by atoms with Crippen LogP contribution in [0, 0.1) is 5.82 Å². The van der Waals surface area contributed by atoms with Gasteiger partial charge in [0.2, 0.25) is 0 Å². The second kappa shape index (κ2) is 8.24. The molecule has 2 aromatic carbocycles. The Bertz CT molecular complexity index is 1240. The summed E-state index contributed by atoms with van der Waals surface area (Å²) in [6.45, 7) is 1.76. The highest BCUT2D eigenvalue weighted by Gasteiger charge is 2.41. The summed E-state index contributed by atoms with van der Waals surface area (Å²) in [5, 5.41) is 1.34. The Morgan fingerprint density at radius 3 is 2.56 bits per heavy atom. The van der Waals surface area contributed by atoms with Crippen molar-refractivity contribution in [3.05, 3.63) is 63.8 Å². The van der Waals surface area contributed by atoms with E-state index in [2.05, 4.69) is 4.98 Å². The summed E-state index contributed by atoms with van der Waals surface area (Å²) in [4.78, 5) is 30.4. The molecule has 3 aromatic rings. The van der Waals surface area contributed by atoms with Crippen molar-refractivity contribution < 1.29 is 13.9 Å². The number of pyridine rings is 1. The number of nitrogens with one attached hydrogen (secondary N) is 1. The van der Waals surface area contributed by atoms with Gasteiger partial charge in [0.25, 0.3) is 11.5 Å². The van der Waals surface area contributed by atoms with E-state index >= 15 is 0 Å². The van der Waals surface area contributed by atoms with Gasteiger partial charge in [-0.05, 0) is 80.8 Å². The number of aromatic amines is 1. The molecule has 3 heterocycles. The van der Waals surface area contributed by atoms with Gasteiger partial charge < -0.3 is 14.6 Å². The zero-order valence-electron chi connectivity index (χ0n) is 17.7. The number of halogens is 2. The van der Waals surface area contributed by atoms with Crippen molar-refractivity contribution in [2.45, 2.75) is 57.2 Å². The van der Waals surface area contributed by atoms with Crippen molar-refractivity contribution in [3.63, 3.8) is 0 Å². The molecule has 2 saturated heterocycles. The molecule has 0 spiro atoms. The Morgan fingerprint density at radius 1 is 1.09 bits per heavy atom. The molecular weight excluding hydrogens is 431 g/mol. The van der Waals surface area contributed by atoms with Crippen molar-refractivity contribution in [1.29, 1.82) is 0 Å². The van der Waals surface area contributed by atoms with E-state index in [0.29, 0.717) is 39.7 Å². The molecule has 2 unspecified atom stereocenters. The monoisotopic (exact) mass is 454 g/mol. The first-order valence-corrected chi connectivity index (χ1v) is 11.4. The summed E-state index contributed by atoms with van der Waals surface area (Å²) >= 11 is 6.24. The fourth-order valence-electron chi connectivity index (χ4n) is 5.18. The molecule has 166 valence electrons. The van der Waals surface area contributed by atoms with Gasteiger partial charge in [-0.3, -0.25) is 9.59 Å². The zero-order valence-corrected chi connectivity index (χ0v) is 18.5. The number of rotatable bonds is 4. The molecule has 5 nitrogen and oxygen atoms in total. The van der Waals surface area contributed by atoms with Crippen LogP contribution in [0.15, 0.2) is 47.4 Å². The number of piperidine rings is 1. The Labute approximate surface area is 190 Å². The molecule has 2 aliphatic heterocycles. The predicted octanol–water partition coefficient (Wildman–Crippen LogP) is 5.30. The second-order valence-corrected chi connectivity index (χ2v) is 9.09. The molecule has 2 bridgehead atoms. The molecule has 7 heteroatoms. The maximum absolute atomic E-state index is 13.5. The van der Waals surface area contributed by atoms with Gasteiger partial charge in [-0.1, -0.05) is 11.6 Å². The lowest BCUT2D eigenvalue weighted by atomic mass is 10.0. The summed E-state index contributed by atoms with van der Waals surface area (Å²) in [6.07, 6.45) is 6.39. The summed E-state index contributed by atoms with van der Waals surface area (Å²) in [5.41, 5.74) is 1.03. The number of aromatic nitrogens is 1. The fourth-order valence-corrected chi connectivity index (χ4v) is 5.45. The van der Waals surface area contributed by atoms with Gasteiger partial charge in [0.05, 0.1) is 10.4 Å². The number of amides is 1. The van der Waals surface area contributed by atoms with Crippen LogP contribution < -0.4 is 10.3 Å². The van der Waals surface area contributed by atoms with Crippen molar-refractivity contribution in [3.8, 4) is 16.9 Å². The van der Waals surface area contributed by atoms with Crippen LogP contribution in [-0.2, 0) is 4.79 Å². The fraction of sp³-hybridized carbons (Fsp3) is 0.360. The van der Waals surface area contributed by atoms with Gasteiger partial charge in [-0.15, -0.1) is 0 Å². The van der Waals surface area contributed by atoms with Gasteiger partial charge in [0.1, 0.15) is 11.6 Å². The Kier molecular flexibility index (Phi) is 5.41. The average Bonchev–Trinajstić information content (AvgIpc) is 3.02. The van der Waals surface area contributed by atoms with E-state index in [1.54, 1.807) is 37.4 Å². The molecule has 1 aromatic heterocycles. The lowest BCUT2D eigenvalue weighted by Crippen LogP contribution is -2.49. The van der Waals surface area contributed by atoms with E-state index in [1.165, 1.54) is 18.6 Å². The standard InChI is InChI=1S/C25H24ClFN2O3/c1-14(25(31)29-16-3-2-4-17(29)7-6-16)32-18-8-10-19-21(12-18)24(30)28-13-22(19)20-9-5-15(27)11-23(20)26/h5,8-14,16-17H,2-4,6-7H2,1H3,(H,28,30)/t14-,16?,17?/m1/s1. The summed E-state index contributed by atoms with van der Waals surface area (Å²) < 4.78 is 19.5. The Morgan fingerprint density at radius 2 is 1.84 bits per heavy atom. The number of hydrogen-bond donors (Lipinski definition) is 1.